The van der Waals surface area contributed by atoms with E-state index in [0.717, 1.165) is 109 Å². The fourth-order valence-electron chi connectivity index (χ4n) is 7.36. The van der Waals surface area contributed by atoms with Gasteiger partial charge < -0.3 is 15.5 Å². The van der Waals surface area contributed by atoms with Crippen molar-refractivity contribution in [2.75, 3.05) is 6.61 Å². The SMILES string of the molecule is CC/C=C\C/C=C\C/C=C\C/C=C\C/C=C\C/C=C\C/C=C\C/C=C\C/C=C\C/C=C\C/C=C\CCCCCC(=O)NC(CO)C(O)CCCCCCCCCCCCCCCCCC. The van der Waals surface area contributed by atoms with Crippen molar-refractivity contribution in [3.8, 4) is 0 Å². The Morgan fingerprint density at radius 1 is 0.385 bits per heavy atom. The zero-order valence-electron chi connectivity index (χ0n) is 42.2. The molecule has 0 spiro atoms. The zero-order valence-corrected chi connectivity index (χ0v) is 42.2. The molecule has 4 nitrogen and oxygen atoms in total. The third-order valence-electron chi connectivity index (χ3n) is 11.4. The number of carbonyl (C=O) groups excluding carboxylic acids is 1. The van der Waals surface area contributed by atoms with Gasteiger partial charge in [0.05, 0.1) is 18.8 Å². The number of aliphatic hydroxyl groups excluding tert-OH is 2. The summed E-state index contributed by atoms with van der Waals surface area (Å²) in [5.74, 6) is -0.0682. The maximum absolute atomic E-state index is 12.5. The second kappa shape index (κ2) is 54.9. The van der Waals surface area contributed by atoms with E-state index >= 15 is 0 Å². The average Bonchev–Trinajstić information content (AvgIpc) is 3.31. The molecule has 0 aliphatic heterocycles. The molecule has 2 atom stereocenters. The Bertz CT molecular complexity index is 1340. The molecule has 0 saturated heterocycles. The van der Waals surface area contributed by atoms with Crippen molar-refractivity contribution in [3.63, 3.8) is 0 Å². The van der Waals surface area contributed by atoms with Crippen LogP contribution in [0.1, 0.15) is 226 Å². The van der Waals surface area contributed by atoms with E-state index in [9.17, 15) is 15.0 Å². The van der Waals surface area contributed by atoms with E-state index in [0.29, 0.717) is 12.8 Å². The van der Waals surface area contributed by atoms with Gasteiger partial charge in [0.2, 0.25) is 5.91 Å². The molecule has 0 aromatic heterocycles. The van der Waals surface area contributed by atoms with Gasteiger partial charge >= 0.3 is 0 Å². The lowest BCUT2D eigenvalue weighted by Gasteiger charge is -2.22. The Morgan fingerprint density at radius 3 is 1.00 bits per heavy atom. The predicted molar refractivity (Wildman–Crippen MR) is 289 cm³/mol. The number of carbonyl (C=O) groups is 1. The quantitative estimate of drug-likeness (QED) is 0.0421. The van der Waals surface area contributed by atoms with Gasteiger partial charge in [-0.2, -0.15) is 0 Å². The first-order valence-corrected chi connectivity index (χ1v) is 26.9. The minimum absolute atomic E-state index is 0.0682. The molecule has 0 aromatic carbocycles. The van der Waals surface area contributed by atoms with Crippen LogP contribution in [0.3, 0.4) is 0 Å². The lowest BCUT2D eigenvalue weighted by Crippen LogP contribution is -2.45. The van der Waals surface area contributed by atoms with Crippen molar-refractivity contribution < 1.29 is 15.0 Å². The molecule has 0 rings (SSSR count). The molecule has 0 aliphatic rings. The summed E-state index contributed by atoms with van der Waals surface area (Å²) in [6.45, 7) is 4.23. The minimum Gasteiger partial charge on any atom is -0.394 e. The van der Waals surface area contributed by atoms with Crippen LogP contribution < -0.4 is 5.32 Å². The second-order valence-electron chi connectivity index (χ2n) is 17.6. The molecule has 0 bridgehead atoms. The number of hydrogen-bond acceptors (Lipinski definition) is 3. The maximum Gasteiger partial charge on any atom is 0.220 e. The monoisotopic (exact) mass is 896 g/mol. The number of allylic oxidation sites excluding steroid dienone is 22. The van der Waals surface area contributed by atoms with Gasteiger partial charge in [-0.05, 0) is 96.3 Å². The Kier molecular flexibility index (Phi) is 51.9. The van der Waals surface area contributed by atoms with Crippen molar-refractivity contribution in [1.29, 1.82) is 0 Å². The molecule has 2 unspecified atom stereocenters. The van der Waals surface area contributed by atoms with Crippen molar-refractivity contribution in [3.05, 3.63) is 134 Å². The molecule has 4 heteroatoms. The molecule has 0 aromatic rings. The highest BCUT2D eigenvalue weighted by Gasteiger charge is 2.20. The summed E-state index contributed by atoms with van der Waals surface area (Å²) in [6, 6.07) is -0.564. The predicted octanol–water partition coefficient (Wildman–Crippen LogP) is 17.9. The smallest absolute Gasteiger partial charge is 0.220 e. The maximum atomic E-state index is 12.5. The minimum atomic E-state index is -0.683. The van der Waals surface area contributed by atoms with Crippen LogP contribution in [0.5, 0.6) is 0 Å². The molecule has 1 amide bonds. The van der Waals surface area contributed by atoms with E-state index in [2.05, 4.69) is 153 Å². The van der Waals surface area contributed by atoms with Crippen LogP contribution in [-0.2, 0) is 4.79 Å². The van der Waals surface area contributed by atoms with Gasteiger partial charge in [0, 0.05) is 6.42 Å². The van der Waals surface area contributed by atoms with Gasteiger partial charge in [-0.25, -0.2) is 0 Å². The fraction of sp³-hybridized carbons (Fsp3) is 0.623. The first-order valence-electron chi connectivity index (χ1n) is 26.9. The van der Waals surface area contributed by atoms with Crippen molar-refractivity contribution >= 4 is 5.91 Å². The molecule has 368 valence electrons. The summed E-state index contributed by atoms with van der Waals surface area (Å²) in [4.78, 5) is 12.5. The molecular formula is C61H101NO3. The Hall–Kier alpha value is -3.47. The fourth-order valence-corrected chi connectivity index (χ4v) is 7.36. The number of aliphatic hydroxyl groups is 2. The van der Waals surface area contributed by atoms with E-state index in [4.69, 9.17) is 0 Å². The first kappa shape index (κ1) is 61.5. The van der Waals surface area contributed by atoms with Crippen LogP contribution in [0.4, 0.5) is 0 Å². The van der Waals surface area contributed by atoms with Crippen LogP contribution in [0.25, 0.3) is 0 Å². The molecule has 0 heterocycles. The van der Waals surface area contributed by atoms with Gasteiger partial charge in [-0.15, -0.1) is 0 Å². The van der Waals surface area contributed by atoms with Crippen LogP contribution >= 0.6 is 0 Å². The van der Waals surface area contributed by atoms with E-state index in [1.54, 1.807) is 0 Å². The van der Waals surface area contributed by atoms with Gasteiger partial charge in [-0.3, -0.25) is 4.79 Å². The Morgan fingerprint density at radius 2 is 0.677 bits per heavy atom. The van der Waals surface area contributed by atoms with E-state index in [1.807, 2.05) is 0 Å². The Balaban J connectivity index is 3.69. The van der Waals surface area contributed by atoms with E-state index in [1.165, 1.54) is 89.9 Å². The standard InChI is InChI=1S/C61H101NO3/c1-3-5-7-9-11-13-15-17-19-21-22-23-24-25-26-27-28-29-30-31-32-33-34-35-36-37-38-39-40-41-43-45-47-49-51-53-55-57-61(65)62-59(58-63)60(64)56-54-52-50-48-46-44-42-20-18-16-14-12-10-8-6-4-2/h5,7,11,13,17,19,22-23,25-26,28-29,31-32,34-35,37-38,40-41,45,47,59-60,63-64H,3-4,6,8-10,12,14-16,18,20-21,24,27,30,33,36,39,42-44,46,48-58H2,1-2H3,(H,62,65)/b7-5-,13-11-,19-17-,23-22-,26-25-,29-28-,32-31-,35-34-,38-37-,41-40-,47-45-. The van der Waals surface area contributed by atoms with Crippen molar-refractivity contribution in [2.24, 2.45) is 0 Å². The second-order valence-corrected chi connectivity index (χ2v) is 17.6. The summed E-state index contributed by atoms with van der Waals surface area (Å²) in [6.07, 6.45) is 85.6. The molecule has 65 heavy (non-hydrogen) atoms. The normalized spacial score (nSPS) is 14.0. The van der Waals surface area contributed by atoms with Crippen molar-refractivity contribution in [1.82, 2.24) is 5.32 Å². The molecule has 0 aliphatic carbocycles. The summed E-state index contributed by atoms with van der Waals surface area (Å²) in [5.41, 5.74) is 0. The van der Waals surface area contributed by atoms with Crippen LogP contribution in [0.2, 0.25) is 0 Å². The molecule has 0 radical (unpaired) electrons. The van der Waals surface area contributed by atoms with Gasteiger partial charge in [0.15, 0.2) is 0 Å². The van der Waals surface area contributed by atoms with Gasteiger partial charge in [0.1, 0.15) is 0 Å². The average molecular weight is 896 g/mol. The largest absolute Gasteiger partial charge is 0.394 e. The third-order valence-corrected chi connectivity index (χ3v) is 11.4. The number of nitrogens with one attached hydrogen (secondary N) is 1. The summed E-state index contributed by atoms with van der Waals surface area (Å²) >= 11 is 0. The number of unbranched alkanes of at least 4 members (excludes halogenated alkanes) is 18. The Labute approximate surface area is 402 Å². The molecule has 3 N–H and O–H groups in total. The van der Waals surface area contributed by atoms with E-state index in [-0.39, 0.29) is 12.5 Å². The highest BCUT2D eigenvalue weighted by atomic mass is 16.3. The number of rotatable bonds is 47. The summed E-state index contributed by atoms with van der Waals surface area (Å²) in [7, 11) is 0. The van der Waals surface area contributed by atoms with E-state index < -0.39 is 12.1 Å². The van der Waals surface area contributed by atoms with Crippen LogP contribution in [0.15, 0.2) is 134 Å². The molecular weight excluding hydrogens is 795 g/mol. The molecule has 0 saturated carbocycles. The summed E-state index contributed by atoms with van der Waals surface area (Å²) < 4.78 is 0. The highest BCUT2D eigenvalue weighted by Crippen LogP contribution is 2.15. The third kappa shape index (κ3) is 51.4. The van der Waals surface area contributed by atoms with Gasteiger partial charge in [0.25, 0.3) is 0 Å². The molecule has 0 fully saturated rings. The first-order chi connectivity index (χ1) is 32.2. The van der Waals surface area contributed by atoms with Crippen LogP contribution in [-0.4, -0.2) is 34.9 Å². The lowest BCUT2D eigenvalue weighted by atomic mass is 10.0. The number of hydrogen-bond donors (Lipinski definition) is 3. The highest BCUT2D eigenvalue weighted by molar-refractivity contribution is 5.76. The lowest BCUT2D eigenvalue weighted by molar-refractivity contribution is -0.123. The van der Waals surface area contributed by atoms with Gasteiger partial charge in [-0.1, -0.05) is 257 Å². The van der Waals surface area contributed by atoms with Crippen molar-refractivity contribution in [2.45, 2.75) is 238 Å². The topological polar surface area (TPSA) is 69.6 Å². The summed E-state index contributed by atoms with van der Waals surface area (Å²) in [5, 5.41) is 23.2. The zero-order chi connectivity index (χ0) is 47.0. The number of amides is 1. The van der Waals surface area contributed by atoms with Crippen LogP contribution in [0, 0.1) is 0 Å².